The monoisotopic (exact) mass is 404 g/mol. The summed E-state index contributed by atoms with van der Waals surface area (Å²) in [5.74, 6) is 2.09. The van der Waals surface area contributed by atoms with Crippen molar-refractivity contribution in [1.82, 2.24) is 10.0 Å². The third kappa shape index (κ3) is 4.18. The molecule has 0 aromatic heterocycles. The molecule has 0 bridgehead atoms. The molecule has 2 fully saturated rings. The molecule has 0 spiro atoms. The number of carbonyl (C=O) groups excluding carboxylic acids is 1. The van der Waals surface area contributed by atoms with E-state index in [0.717, 1.165) is 37.9 Å². The normalized spacial score (nSPS) is 23.0. The fourth-order valence-corrected chi connectivity index (χ4v) is 4.77. The highest BCUT2D eigenvalue weighted by Gasteiger charge is 2.44. The molecule has 2 aliphatic heterocycles. The van der Waals surface area contributed by atoms with Gasteiger partial charge in [-0.1, -0.05) is 20.8 Å². The van der Waals surface area contributed by atoms with Crippen LogP contribution < -0.4 is 14.2 Å². The quantitative estimate of drug-likeness (QED) is 0.657. The minimum Gasteiger partial charge on any atom is -0.493 e. The number of carbonyl (C=O) groups is 1. The van der Waals surface area contributed by atoms with Crippen molar-refractivity contribution in [1.29, 1.82) is 0 Å². The lowest BCUT2D eigenvalue weighted by molar-refractivity contribution is -0.151. The van der Waals surface area contributed by atoms with Gasteiger partial charge < -0.3 is 14.2 Å². The van der Waals surface area contributed by atoms with Crippen LogP contribution in [-0.4, -0.2) is 56.4 Å². The summed E-state index contributed by atoms with van der Waals surface area (Å²) in [4.78, 5) is 13.3. The highest BCUT2D eigenvalue weighted by Crippen LogP contribution is 2.41. The Morgan fingerprint density at radius 1 is 1.03 bits per heavy atom. The van der Waals surface area contributed by atoms with Crippen molar-refractivity contribution in [2.45, 2.75) is 58.9 Å². The van der Waals surface area contributed by atoms with Crippen LogP contribution in [0, 0.1) is 11.3 Å². The van der Waals surface area contributed by atoms with Gasteiger partial charge in [0.15, 0.2) is 11.5 Å². The highest BCUT2D eigenvalue weighted by atomic mass is 16.5. The number of nitrogens with zero attached hydrogens (tertiary/aromatic N) is 2. The number of hydrazine groups is 1. The van der Waals surface area contributed by atoms with Gasteiger partial charge in [0.05, 0.1) is 21.3 Å². The van der Waals surface area contributed by atoms with Gasteiger partial charge in [-0.15, -0.1) is 0 Å². The van der Waals surface area contributed by atoms with Crippen LogP contribution in [0.1, 0.15) is 52.0 Å². The van der Waals surface area contributed by atoms with Crippen LogP contribution in [0.15, 0.2) is 12.1 Å². The lowest BCUT2D eigenvalue weighted by Gasteiger charge is -2.41. The molecule has 2 heterocycles. The molecule has 2 unspecified atom stereocenters. The van der Waals surface area contributed by atoms with Crippen molar-refractivity contribution in [3.05, 3.63) is 17.7 Å². The van der Waals surface area contributed by atoms with Crippen molar-refractivity contribution in [2.75, 3.05) is 34.4 Å². The standard InChI is InChI=1S/C23H36N2O4/c1-7-23(2,3)20-9-8-11-24(20)25-12-10-17(22(25)26)13-16-14-18(27-4)21(29-6)19(15-16)28-5/h14-15,17,20H,7-13H2,1-6H3. The summed E-state index contributed by atoms with van der Waals surface area (Å²) in [6, 6.07) is 4.35. The van der Waals surface area contributed by atoms with Crippen LogP contribution in [0.4, 0.5) is 0 Å². The average molecular weight is 405 g/mol. The van der Waals surface area contributed by atoms with E-state index in [9.17, 15) is 4.79 Å². The summed E-state index contributed by atoms with van der Waals surface area (Å²) in [7, 11) is 4.84. The molecule has 1 aromatic carbocycles. The van der Waals surface area contributed by atoms with Gasteiger partial charge in [-0.25, -0.2) is 5.01 Å². The van der Waals surface area contributed by atoms with Crippen molar-refractivity contribution in [2.24, 2.45) is 11.3 Å². The molecule has 2 aliphatic rings. The Kier molecular flexibility index (Phi) is 6.62. The van der Waals surface area contributed by atoms with E-state index in [1.165, 1.54) is 6.42 Å². The number of hydrogen-bond donors (Lipinski definition) is 0. The van der Waals surface area contributed by atoms with Crippen LogP contribution in [0.2, 0.25) is 0 Å². The van der Waals surface area contributed by atoms with Gasteiger partial charge in [0.1, 0.15) is 0 Å². The molecule has 2 saturated heterocycles. The SMILES string of the molecule is CCC(C)(C)C1CCCN1N1CCC(Cc2cc(OC)c(OC)c(OC)c2)C1=O. The first-order chi connectivity index (χ1) is 13.9. The molecule has 0 saturated carbocycles. The zero-order valence-corrected chi connectivity index (χ0v) is 18.8. The Morgan fingerprint density at radius 2 is 1.69 bits per heavy atom. The second kappa shape index (κ2) is 8.82. The molecule has 0 radical (unpaired) electrons. The molecule has 6 heteroatoms. The van der Waals surface area contributed by atoms with Crippen LogP contribution >= 0.6 is 0 Å². The second-order valence-corrected chi connectivity index (χ2v) is 8.85. The highest BCUT2D eigenvalue weighted by molar-refractivity contribution is 5.80. The Morgan fingerprint density at radius 3 is 2.24 bits per heavy atom. The number of methoxy groups -OCH3 is 3. The molecule has 162 valence electrons. The lowest BCUT2D eigenvalue weighted by atomic mass is 9.81. The molecule has 1 amide bonds. The molecule has 29 heavy (non-hydrogen) atoms. The van der Waals surface area contributed by atoms with Gasteiger partial charge in [-0.05, 0) is 55.2 Å². The summed E-state index contributed by atoms with van der Waals surface area (Å²) in [6.45, 7) is 8.68. The smallest absolute Gasteiger partial charge is 0.240 e. The predicted octanol–water partition coefficient (Wildman–Crippen LogP) is 3.92. The predicted molar refractivity (Wildman–Crippen MR) is 113 cm³/mol. The van der Waals surface area contributed by atoms with Gasteiger partial charge in [-0.2, -0.15) is 0 Å². The summed E-state index contributed by atoms with van der Waals surface area (Å²) < 4.78 is 16.3. The molecule has 1 aromatic rings. The molecular weight excluding hydrogens is 368 g/mol. The molecule has 0 N–H and O–H groups in total. The van der Waals surface area contributed by atoms with Crippen molar-refractivity contribution < 1.29 is 19.0 Å². The van der Waals surface area contributed by atoms with Gasteiger partial charge in [0.2, 0.25) is 11.7 Å². The maximum Gasteiger partial charge on any atom is 0.240 e. The third-order valence-electron chi connectivity index (χ3n) is 6.85. The summed E-state index contributed by atoms with van der Waals surface area (Å²) in [6.07, 6.45) is 5.01. The summed E-state index contributed by atoms with van der Waals surface area (Å²) >= 11 is 0. The largest absolute Gasteiger partial charge is 0.493 e. The lowest BCUT2D eigenvalue weighted by Crippen LogP contribution is -2.51. The molecule has 3 rings (SSSR count). The molecule has 6 nitrogen and oxygen atoms in total. The van der Waals surface area contributed by atoms with E-state index in [1.807, 2.05) is 17.1 Å². The Labute approximate surface area is 175 Å². The minimum absolute atomic E-state index is 0.0104. The van der Waals surface area contributed by atoms with E-state index in [0.29, 0.717) is 29.7 Å². The van der Waals surface area contributed by atoms with E-state index < -0.39 is 0 Å². The number of hydrogen-bond acceptors (Lipinski definition) is 5. The number of rotatable bonds is 8. The Balaban J connectivity index is 1.76. The van der Waals surface area contributed by atoms with Gasteiger partial charge in [-0.3, -0.25) is 9.80 Å². The zero-order chi connectivity index (χ0) is 21.2. The van der Waals surface area contributed by atoms with E-state index >= 15 is 0 Å². The van der Waals surface area contributed by atoms with E-state index in [-0.39, 0.29) is 17.2 Å². The first kappa shape index (κ1) is 21.8. The fourth-order valence-electron chi connectivity index (χ4n) is 4.77. The Bertz CT molecular complexity index is 709. The minimum atomic E-state index is -0.0104. The van der Waals surface area contributed by atoms with E-state index in [2.05, 4.69) is 25.8 Å². The van der Waals surface area contributed by atoms with Crippen molar-refractivity contribution in [3.8, 4) is 17.2 Å². The number of benzene rings is 1. The second-order valence-electron chi connectivity index (χ2n) is 8.85. The van der Waals surface area contributed by atoms with Crippen molar-refractivity contribution >= 4 is 5.91 Å². The molecular formula is C23H36N2O4. The average Bonchev–Trinajstić information content (AvgIpc) is 3.34. The number of ether oxygens (including phenoxy) is 3. The van der Waals surface area contributed by atoms with Crippen LogP contribution in [0.5, 0.6) is 17.2 Å². The fraction of sp³-hybridized carbons (Fsp3) is 0.696. The van der Waals surface area contributed by atoms with Gasteiger partial charge >= 0.3 is 0 Å². The molecule has 2 atom stereocenters. The Hall–Kier alpha value is -1.95. The van der Waals surface area contributed by atoms with Crippen LogP contribution in [-0.2, 0) is 11.2 Å². The maximum atomic E-state index is 13.3. The third-order valence-corrected chi connectivity index (χ3v) is 6.85. The maximum absolute atomic E-state index is 13.3. The van der Waals surface area contributed by atoms with Gasteiger partial charge in [0.25, 0.3) is 0 Å². The number of amides is 1. The zero-order valence-electron chi connectivity index (χ0n) is 18.8. The summed E-state index contributed by atoms with van der Waals surface area (Å²) in [5, 5.41) is 4.40. The van der Waals surface area contributed by atoms with E-state index in [1.54, 1.807) is 21.3 Å². The van der Waals surface area contributed by atoms with E-state index in [4.69, 9.17) is 14.2 Å². The van der Waals surface area contributed by atoms with Crippen LogP contribution in [0.25, 0.3) is 0 Å². The topological polar surface area (TPSA) is 51.2 Å². The first-order valence-corrected chi connectivity index (χ1v) is 10.7. The molecule has 0 aliphatic carbocycles. The first-order valence-electron chi connectivity index (χ1n) is 10.7. The van der Waals surface area contributed by atoms with Gasteiger partial charge in [0, 0.05) is 25.0 Å². The van der Waals surface area contributed by atoms with Crippen LogP contribution in [0.3, 0.4) is 0 Å². The van der Waals surface area contributed by atoms with Crippen molar-refractivity contribution in [3.63, 3.8) is 0 Å². The summed E-state index contributed by atoms with van der Waals surface area (Å²) in [5.41, 5.74) is 1.25.